The highest BCUT2D eigenvalue weighted by atomic mass is 19.1. The van der Waals surface area contributed by atoms with E-state index in [0.717, 1.165) is 18.0 Å². The van der Waals surface area contributed by atoms with Crippen LogP contribution in [0, 0.1) is 11.7 Å². The van der Waals surface area contributed by atoms with Crippen LogP contribution in [0.2, 0.25) is 0 Å². The van der Waals surface area contributed by atoms with Gasteiger partial charge in [-0.15, -0.1) is 0 Å². The van der Waals surface area contributed by atoms with Crippen LogP contribution in [0.5, 0.6) is 0 Å². The van der Waals surface area contributed by atoms with E-state index in [2.05, 4.69) is 25.7 Å². The molecule has 2 rings (SSSR count). The van der Waals surface area contributed by atoms with E-state index in [1.165, 1.54) is 18.9 Å². The molecule has 1 saturated heterocycles. The van der Waals surface area contributed by atoms with Gasteiger partial charge in [-0.2, -0.15) is 0 Å². The van der Waals surface area contributed by atoms with Gasteiger partial charge >= 0.3 is 0 Å². The molecule has 3 unspecified atom stereocenters. The highest BCUT2D eigenvalue weighted by Gasteiger charge is 2.37. The Labute approximate surface area is 122 Å². The summed E-state index contributed by atoms with van der Waals surface area (Å²) >= 11 is 0. The average molecular weight is 278 g/mol. The minimum absolute atomic E-state index is 0.120. The number of likely N-dealkylation sites (tertiary alicyclic amines) is 1. The molecule has 3 heteroatoms. The number of nitrogens with two attached hydrogens (primary N) is 1. The zero-order valence-electron chi connectivity index (χ0n) is 12.9. The molecule has 20 heavy (non-hydrogen) atoms. The van der Waals surface area contributed by atoms with Gasteiger partial charge in [0.15, 0.2) is 0 Å². The largest absolute Gasteiger partial charge is 0.329 e. The number of hydrogen-bond donors (Lipinski definition) is 1. The van der Waals surface area contributed by atoms with E-state index >= 15 is 0 Å². The lowest BCUT2D eigenvalue weighted by atomic mass is 9.84. The van der Waals surface area contributed by atoms with Crippen LogP contribution >= 0.6 is 0 Å². The number of hydrogen-bond acceptors (Lipinski definition) is 2. The molecule has 0 spiro atoms. The minimum atomic E-state index is -0.165. The van der Waals surface area contributed by atoms with E-state index in [-0.39, 0.29) is 11.4 Å². The second-order valence-electron chi connectivity index (χ2n) is 6.64. The van der Waals surface area contributed by atoms with Gasteiger partial charge in [-0.3, -0.25) is 4.90 Å². The molecule has 1 heterocycles. The summed E-state index contributed by atoms with van der Waals surface area (Å²) in [4.78, 5) is 2.49. The second-order valence-corrected chi connectivity index (χ2v) is 6.64. The summed E-state index contributed by atoms with van der Waals surface area (Å²) in [6, 6.07) is 7.56. The summed E-state index contributed by atoms with van der Waals surface area (Å²) in [7, 11) is 0. The van der Waals surface area contributed by atoms with Gasteiger partial charge in [0.25, 0.3) is 0 Å². The van der Waals surface area contributed by atoms with E-state index in [9.17, 15) is 4.39 Å². The zero-order valence-corrected chi connectivity index (χ0v) is 12.9. The standard InChI is InChI=1S/C17H27FN2/c1-13-8-9-20(14(2)10-13)17(3,12-19)11-15-6-4-5-7-16(15)18/h4-7,13-14H,8-12,19H2,1-3H3. The number of rotatable bonds is 4. The maximum atomic E-state index is 13.9. The molecule has 3 atom stereocenters. The molecule has 0 bridgehead atoms. The quantitative estimate of drug-likeness (QED) is 0.916. The Balaban J connectivity index is 2.18. The number of piperidine rings is 1. The fourth-order valence-electron chi connectivity index (χ4n) is 3.55. The van der Waals surface area contributed by atoms with Gasteiger partial charge in [-0.1, -0.05) is 25.1 Å². The third-order valence-corrected chi connectivity index (χ3v) is 4.80. The molecular formula is C17H27FN2. The van der Waals surface area contributed by atoms with Crippen LogP contribution in [-0.4, -0.2) is 29.6 Å². The van der Waals surface area contributed by atoms with Crippen LogP contribution < -0.4 is 5.73 Å². The van der Waals surface area contributed by atoms with Crippen LogP contribution in [0.1, 0.15) is 39.2 Å². The van der Waals surface area contributed by atoms with Crippen molar-refractivity contribution >= 4 is 0 Å². The maximum absolute atomic E-state index is 13.9. The first-order chi connectivity index (χ1) is 9.46. The summed E-state index contributed by atoms with van der Waals surface area (Å²) in [5.41, 5.74) is 6.67. The molecule has 1 aliphatic heterocycles. The highest BCUT2D eigenvalue weighted by molar-refractivity contribution is 5.20. The highest BCUT2D eigenvalue weighted by Crippen LogP contribution is 2.31. The van der Waals surface area contributed by atoms with E-state index in [4.69, 9.17) is 5.73 Å². The summed E-state index contributed by atoms with van der Waals surface area (Å²) in [5.74, 6) is 0.655. The van der Waals surface area contributed by atoms with E-state index in [1.54, 1.807) is 6.07 Å². The third-order valence-electron chi connectivity index (χ3n) is 4.80. The van der Waals surface area contributed by atoms with Gasteiger partial charge in [0.1, 0.15) is 5.82 Å². The van der Waals surface area contributed by atoms with Crippen molar-refractivity contribution in [2.24, 2.45) is 11.7 Å². The monoisotopic (exact) mass is 278 g/mol. The molecule has 1 aromatic rings. The number of benzene rings is 1. The lowest BCUT2D eigenvalue weighted by molar-refractivity contribution is 0.0252. The lowest BCUT2D eigenvalue weighted by Crippen LogP contribution is -2.59. The fraction of sp³-hybridized carbons (Fsp3) is 0.647. The predicted octanol–water partition coefficient (Wildman–Crippen LogP) is 3.21. The molecule has 0 radical (unpaired) electrons. The maximum Gasteiger partial charge on any atom is 0.126 e. The first-order valence-corrected chi connectivity index (χ1v) is 7.66. The van der Waals surface area contributed by atoms with Crippen LogP contribution in [0.3, 0.4) is 0 Å². The molecule has 0 aliphatic carbocycles. The molecule has 2 N–H and O–H groups in total. The Hall–Kier alpha value is -0.930. The number of halogens is 1. The van der Waals surface area contributed by atoms with Crippen LogP contribution in [0.15, 0.2) is 24.3 Å². The minimum Gasteiger partial charge on any atom is -0.329 e. The summed E-state index contributed by atoms with van der Waals surface area (Å²) in [6.07, 6.45) is 3.08. The van der Waals surface area contributed by atoms with Crippen molar-refractivity contribution in [1.29, 1.82) is 0 Å². The Morgan fingerprint density at radius 2 is 2.05 bits per heavy atom. The normalized spacial score (nSPS) is 27.2. The van der Waals surface area contributed by atoms with E-state index in [0.29, 0.717) is 19.0 Å². The van der Waals surface area contributed by atoms with Gasteiger partial charge in [-0.25, -0.2) is 4.39 Å². The zero-order chi connectivity index (χ0) is 14.8. The van der Waals surface area contributed by atoms with Crippen molar-refractivity contribution < 1.29 is 4.39 Å². The Kier molecular flexibility index (Phi) is 4.82. The Morgan fingerprint density at radius 3 is 2.65 bits per heavy atom. The molecule has 1 fully saturated rings. The summed E-state index contributed by atoms with van der Waals surface area (Å²) < 4.78 is 13.9. The second kappa shape index (κ2) is 6.23. The van der Waals surface area contributed by atoms with Crippen molar-refractivity contribution in [2.45, 2.75) is 51.6 Å². The third kappa shape index (κ3) is 3.21. The van der Waals surface area contributed by atoms with Gasteiger partial charge in [-0.05, 0) is 57.2 Å². The van der Waals surface area contributed by atoms with Crippen LogP contribution in [0.25, 0.3) is 0 Å². The predicted molar refractivity (Wildman–Crippen MR) is 82.1 cm³/mol. The van der Waals surface area contributed by atoms with Gasteiger partial charge in [0, 0.05) is 18.1 Å². The van der Waals surface area contributed by atoms with Crippen LogP contribution in [0.4, 0.5) is 4.39 Å². The van der Waals surface area contributed by atoms with Crippen LogP contribution in [-0.2, 0) is 6.42 Å². The van der Waals surface area contributed by atoms with Crippen molar-refractivity contribution in [2.75, 3.05) is 13.1 Å². The molecule has 0 amide bonds. The topological polar surface area (TPSA) is 29.3 Å². The SMILES string of the molecule is CC1CCN(C(C)(CN)Cc2ccccc2F)C(C)C1. The molecule has 2 nitrogen and oxygen atoms in total. The van der Waals surface area contributed by atoms with Crippen molar-refractivity contribution in [3.63, 3.8) is 0 Å². The van der Waals surface area contributed by atoms with Crippen molar-refractivity contribution in [3.8, 4) is 0 Å². The molecule has 0 aromatic heterocycles. The fourth-order valence-corrected chi connectivity index (χ4v) is 3.55. The Morgan fingerprint density at radius 1 is 1.35 bits per heavy atom. The van der Waals surface area contributed by atoms with Gasteiger partial charge < -0.3 is 5.73 Å². The Bertz CT molecular complexity index is 448. The first-order valence-electron chi connectivity index (χ1n) is 7.66. The summed E-state index contributed by atoms with van der Waals surface area (Å²) in [6.45, 7) is 8.37. The smallest absolute Gasteiger partial charge is 0.126 e. The molecule has 112 valence electrons. The summed E-state index contributed by atoms with van der Waals surface area (Å²) in [5, 5.41) is 0. The van der Waals surface area contributed by atoms with E-state index in [1.807, 2.05) is 12.1 Å². The van der Waals surface area contributed by atoms with E-state index < -0.39 is 0 Å². The molecule has 1 aromatic carbocycles. The van der Waals surface area contributed by atoms with Gasteiger partial charge in [0.05, 0.1) is 0 Å². The molecule has 1 aliphatic rings. The van der Waals surface area contributed by atoms with Gasteiger partial charge in [0.2, 0.25) is 0 Å². The molecular weight excluding hydrogens is 251 g/mol. The van der Waals surface area contributed by atoms with Crippen molar-refractivity contribution in [3.05, 3.63) is 35.6 Å². The van der Waals surface area contributed by atoms with Crippen molar-refractivity contribution in [1.82, 2.24) is 4.90 Å². The average Bonchev–Trinajstić information content (AvgIpc) is 2.41. The molecule has 0 saturated carbocycles. The number of nitrogens with zero attached hydrogens (tertiary/aromatic N) is 1. The lowest BCUT2D eigenvalue weighted by Gasteiger charge is -2.48. The first kappa shape index (κ1) is 15.5.